The maximum Gasteiger partial charge on any atom is 0.0239 e. The Hall–Kier alpha value is -0.0800. The van der Waals surface area contributed by atoms with E-state index in [2.05, 4.69) is 65.2 Å². The molecule has 0 aromatic rings. The Morgan fingerprint density at radius 3 is 1.67 bits per heavy atom. The minimum atomic E-state index is 0.287. The van der Waals surface area contributed by atoms with Gasteiger partial charge in [0.05, 0.1) is 0 Å². The Bertz CT molecular complexity index is 324. The molecule has 2 aliphatic heterocycles. The zero-order valence-corrected chi connectivity index (χ0v) is 13.7. The third kappa shape index (κ3) is 1.92. The monoisotopic (exact) mass is 252 g/mol. The van der Waals surface area contributed by atoms with Crippen molar-refractivity contribution in [2.24, 2.45) is 5.41 Å². The summed E-state index contributed by atoms with van der Waals surface area (Å²) in [6.07, 6.45) is 1.36. The van der Waals surface area contributed by atoms with E-state index in [0.29, 0.717) is 16.5 Å². The third-order valence-corrected chi connectivity index (χ3v) is 5.53. The van der Waals surface area contributed by atoms with Crippen molar-refractivity contribution in [2.75, 3.05) is 19.6 Å². The Labute approximate surface area is 114 Å². The summed E-state index contributed by atoms with van der Waals surface area (Å²) in [5.41, 5.74) is 1.46. The van der Waals surface area contributed by atoms with Gasteiger partial charge in [-0.2, -0.15) is 0 Å². The molecule has 0 amide bonds. The number of rotatable bonds is 0. The molecule has 2 aliphatic rings. The fourth-order valence-electron chi connectivity index (χ4n) is 4.08. The summed E-state index contributed by atoms with van der Waals surface area (Å²) in [4.78, 5) is 5.36. The average Bonchev–Trinajstić information content (AvgIpc) is 2.30. The molecule has 1 spiro atoms. The van der Waals surface area contributed by atoms with Gasteiger partial charge in [0.25, 0.3) is 0 Å². The van der Waals surface area contributed by atoms with E-state index in [-0.39, 0.29) is 5.54 Å². The zero-order valence-electron chi connectivity index (χ0n) is 13.7. The van der Waals surface area contributed by atoms with Gasteiger partial charge in [-0.15, -0.1) is 0 Å². The highest BCUT2D eigenvalue weighted by Gasteiger charge is 2.62. The molecular formula is C16H32N2. The fraction of sp³-hybridized carbons (Fsp3) is 1.00. The lowest BCUT2D eigenvalue weighted by Crippen LogP contribution is -2.70. The number of hydrogen-bond acceptors (Lipinski definition) is 2. The first kappa shape index (κ1) is 14.3. The second-order valence-electron chi connectivity index (χ2n) is 8.94. The molecular weight excluding hydrogens is 220 g/mol. The molecule has 0 aromatic heterocycles. The molecule has 0 aliphatic carbocycles. The minimum Gasteiger partial charge on any atom is -0.297 e. The molecule has 18 heavy (non-hydrogen) atoms. The van der Waals surface area contributed by atoms with E-state index in [0.717, 1.165) is 0 Å². The lowest BCUT2D eigenvalue weighted by atomic mass is 9.64. The first-order valence-corrected chi connectivity index (χ1v) is 7.43. The van der Waals surface area contributed by atoms with Gasteiger partial charge in [-0.1, -0.05) is 0 Å². The topological polar surface area (TPSA) is 6.48 Å². The summed E-state index contributed by atoms with van der Waals surface area (Å²) in [5, 5.41) is 0. The summed E-state index contributed by atoms with van der Waals surface area (Å²) in [6, 6.07) is 0. The van der Waals surface area contributed by atoms with Crippen LogP contribution in [0.4, 0.5) is 0 Å². The first-order chi connectivity index (χ1) is 7.90. The molecule has 0 bridgehead atoms. The molecule has 2 heteroatoms. The molecule has 2 saturated heterocycles. The maximum atomic E-state index is 2.72. The van der Waals surface area contributed by atoms with Crippen molar-refractivity contribution in [3.63, 3.8) is 0 Å². The molecule has 0 unspecified atom stereocenters. The van der Waals surface area contributed by atoms with E-state index >= 15 is 0 Å². The standard InChI is InChI=1S/C16H32N2/c1-13(2,3)17-11-16(12-17)9-10-18(14(4,5)6)15(16,7)8/h9-12H2,1-8H3. The minimum absolute atomic E-state index is 0.287. The van der Waals surface area contributed by atoms with Gasteiger partial charge in [0, 0.05) is 35.1 Å². The van der Waals surface area contributed by atoms with Crippen molar-refractivity contribution in [3.05, 3.63) is 0 Å². The van der Waals surface area contributed by atoms with E-state index in [1.54, 1.807) is 0 Å². The van der Waals surface area contributed by atoms with Crippen molar-refractivity contribution < 1.29 is 0 Å². The van der Waals surface area contributed by atoms with Crippen molar-refractivity contribution in [2.45, 2.75) is 78.4 Å². The molecule has 0 radical (unpaired) electrons. The Kier molecular flexibility index (Phi) is 2.97. The summed E-state index contributed by atoms with van der Waals surface area (Å²) < 4.78 is 0. The van der Waals surface area contributed by atoms with Crippen LogP contribution in [0.25, 0.3) is 0 Å². The summed E-state index contributed by atoms with van der Waals surface area (Å²) in [5.74, 6) is 0. The molecule has 2 nitrogen and oxygen atoms in total. The highest BCUT2D eigenvalue weighted by Crippen LogP contribution is 2.54. The van der Waals surface area contributed by atoms with Gasteiger partial charge >= 0.3 is 0 Å². The van der Waals surface area contributed by atoms with Crippen molar-refractivity contribution in [3.8, 4) is 0 Å². The van der Waals surface area contributed by atoms with Crippen molar-refractivity contribution in [1.82, 2.24) is 9.80 Å². The predicted molar refractivity (Wildman–Crippen MR) is 78.9 cm³/mol. The number of nitrogens with zero attached hydrogens (tertiary/aromatic N) is 2. The van der Waals surface area contributed by atoms with Crippen LogP contribution in [-0.2, 0) is 0 Å². The van der Waals surface area contributed by atoms with Crippen LogP contribution in [0, 0.1) is 5.41 Å². The molecule has 0 N–H and O–H groups in total. The van der Waals surface area contributed by atoms with Crippen molar-refractivity contribution >= 4 is 0 Å². The predicted octanol–water partition coefficient (Wildman–Crippen LogP) is 3.37. The second-order valence-corrected chi connectivity index (χ2v) is 8.94. The SMILES string of the molecule is CC(C)(C)N1CC2(CCN(C(C)(C)C)C2(C)C)C1. The van der Waals surface area contributed by atoms with Gasteiger partial charge in [-0.3, -0.25) is 9.80 Å². The van der Waals surface area contributed by atoms with Crippen LogP contribution in [-0.4, -0.2) is 46.1 Å². The van der Waals surface area contributed by atoms with Gasteiger partial charge in [0.15, 0.2) is 0 Å². The van der Waals surface area contributed by atoms with Crippen molar-refractivity contribution in [1.29, 1.82) is 0 Å². The van der Waals surface area contributed by atoms with Crippen LogP contribution in [0.5, 0.6) is 0 Å². The molecule has 0 aromatic carbocycles. The van der Waals surface area contributed by atoms with E-state index in [9.17, 15) is 0 Å². The van der Waals surface area contributed by atoms with Crippen LogP contribution in [0.15, 0.2) is 0 Å². The second kappa shape index (κ2) is 3.73. The number of hydrogen-bond donors (Lipinski definition) is 0. The fourth-order valence-corrected chi connectivity index (χ4v) is 4.08. The van der Waals surface area contributed by atoms with Gasteiger partial charge in [0.1, 0.15) is 0 Å². The van der Waals surface area contributed by atoms with Gasteiger partial charge < -0.3 is 0 Å². The maximum absolute atomic E-state index is 2.72. The molecule has 2 fully saturated rings. The van der Waals surface area contributed by atoms with Crippen LogP contribution >= 0.6 is 0 Å². The Morgan fingerprint density at radius 2 is 1.33 bits per heavy atom. The van der Waals surface area contributed by atoms with Crippen LogP contribution in [0.1, 0.15) is 61.8 Å². The van der Waals surface area contributed by atoms with E-state index in [1.165, 1.54) is 26.1 Å². The zero-order chi connectivity index (χ0) is 14.0. The first-order valence-electron chi connectivity index (χ1n) is 7.43. The van der Waals surface area contributed by atoms with E-state index in [4.69, 9.17) is 0 Å². The summed E-state index contributed by atoms with van der Waals surface area (Å²) in [7, 11) is 0. The summed E-state index contributed by atoms with van der Waals surface area (Å²) >= 11 is 0. The summed E-state index contributed by atoms with van der Waals surface area (Å²) in [6.45, 7) is 22.8. The largest absolute Gasteiger partial charge is 0.297 e. The van der Waals surface area contributed by atoms with E-state index in [1.807, 2.05) is 0 Å². The Morgan fingerprint density at radius 1 is 0.833 bits per heavy atom. The third-order valence-electron chi connectivity index (χ3n) is 5.53. The van der Waals surface area contributed by atoms with Gasteiger partial charge in [-0.25, -0.2) is 0 Å². The quantitative estimate of drug-likeness (QED) is 0.652. The van der Waals surface area contributed by atoms with Crippen LogP contribution in [0.2, 0.25) is 0 Å². The Balaban J connectivity index is 2.15. The molecule has 0 atom stereocenters. The van der Waals surface area contributed by atoms with E-state index < -0.39 is 0 Å². The lowest BCUT2D eigenvalue weighted by Gasteiger charge is -2.61. The number of likely N-dealkylation sites (tertiary alicyclic amines) is 2. The smallest absolute Gasteiger partial charge is 0.0239 e. The lowest BCUT2D eigenvalue weighted by molar-refractivity contribution is -0.117. The average molecular weight is 252 g/mol. The molecule has 0 saturated carbocycles. The normalized spacial score (nSPS) is 28.7. The van der Waals surface area contributed by atoms with Gasteiger partial charge in [-0.05, 0) is 68.4 Å². The highest BCUT2D eigenvalue weighted by molar-refractivity contribution is 5.16. The molecule has 2 rings (SSSR count). The highest BCUT2D eigenvalue weighted by atomic mass is 15.4. The molecule has 106 valence electrons. The van der Waals surface area contributed by atoms with Crippen LogP contribution in [0.3, 0.4) is 0 Å². The van der Waals surface area contributed by atoms with Gasteiger partial charge in [0.2, 0.25) is 0 Å². The van der Waals surface area contributed by atoms with Crippen LogP contribution < -0.4 is 0 Å². The molecule has 2 heterocycles.